The summed E-state index contributed by atoms with van der Waals surface area (Å²) in [7, 11) is 0. The van der Waals surface area contributed by atoms with Crippen molar-refractivity contribution in [1.29, 1.82) is 0 Å². The summed E-state index contributed by atoms with van der Waals surface area (Å²) in [5.41, 5.74) is 0.396. The number of hydrogen-bond acceptors (Lipinski definition) is 8. The van der Waals surface area contributed by atoms with Gasteiger partial charge in [0.25, 0.3) is 11.4 Å². The lowest BCUT2D eigenvalue weighted by atomic mass is 9.53. The summed E-state index contributed by atoms with van der Waals surface area (Å²) in [6.45, 7) is 3.80. The van der Waals surface area contributed by atoms with E-state index < -0.39 is 15.3 Å². The van der Waals surface area contributed by atoms with Crippen LogP contribution in [0.25, 0.3) is 0 Å². The lowest BCUT2D eigenvalue weighted by molar-refractivity contribution is -0.385. The summed E-state index contributed by atoms with van der Waals surface area (Å²) in [6.07, 6.45) is 0.638. The molecule has 4 N–H and O–H groups in total. The van der Waals surface area contributed by atoms with Crippen LogP contribution in [-0.4, -0.2) is 31.9 Å². The highest BCUT2D eigenvalue weighted by Crippen LogP contribution is 2.52. The van der Waals surface area contributed by atoms with Gasteiger partial charge in [0.15, 0.2) is 10.2 Å². The van der Waals surface area contributed by atoms with E-state index in [0.717, 1.165) is 0 Å². The summed E-state index contributed by atoms with van der Waals surface area (Å²) in [4.78, 5) is 45.7. The minimum absolute atomic E-state index is 0.0605. The predicted molar refractivity (Wildman–Crippen MR) is 145 cm³/mol. The molecule has 0 saturated heterocycles. The van der Waals surface area contributed by atoms with Crippen molar-refractivity contribution in [2.75, 3.05) is 10.6 Å². The molecule has 1 aliphatic carbocycles. The molecule has 1 aliphatic rings. The van der Waals surface area contributed by atoms with Crippen molar-refractivity contribution in [1.82, 2.24) is 10.6 Å². The van der Waals surface area contributed by atoms with Gasteiger partial charge in [-0.3, -0.25) is 29.8 Å². The van der Waals surface area contributed by atoms with E-state index in [0.29, 0.717) is 17.8 Å². The number of nitrogens with one attached hydrogen (secondary N) is 4. The Bertz CT molecular complexity index is 1250. The van der Waals surface area contributed by atoms with Gasteiger partial charge in [0, 0.05) is 48.0 Å². The fourth-order valence-corrected chi connectivity index (χ4v) is 4.52. The van der Waals surface area contributed by atoms with E-state index in [9.17, 15) is 29.8 Å². The first-order chi connectivity index (χ1) is 17.4. The van der Waals surface area contributed by atoms with E-state index >= 15 is 0 Å². The molecule has 3 rings (SSSR count). The Morgan fingerprint density at radius 2 is 1.30 bits per heavy atom. The quantitative estimate of drug-likeness (QED) is 0.228. The van der Waals surface area contributed by atoms with E-state index in [-0.39, 0.29) is 51.7 Å². The third-order valence-corrected chi connectivity index (χ3v) is 6.79. The molecule has 2 aromatic rings. The first-order valence-electron chi connectivity index (χ1n) is 11.1. The number of thiocarbonyl (C=S) groups is 2. The Balaban J connectivity index is 1.45. The molecule has 1 fully saturated rings. The van der Waals surface area contributed by atoms with Crippen LogP contribution in [-0.2, 0) is 9.59 Å². The molecular weight excluding hydrogens is 520 g/mol. The second-order valence-electron chi connectivity index (χ2n) is 9.06. The number of nitro groups is 2. The van der Waals surface area contributed by atoms with Gasteiger partial charge in [-0.15, -0.1) is 0 Å². The molecule has 2 atom stereocenters. The van der Waals surface area contributed by atoms with Crippen molar-refractivity contribution in [2.45, 2.75) is 26.7 Å². The van der Waals surface area contributed by atoms with Crippen LogP contribution in [0.1, 0.15) is 26.7 Å². The molecule has 2 unspecified atom stereocenters. The maximum atomic E-state index is 12.8. The first kappa shape index (κ1) is 27.5. The highest BCUT2D eigenvalue weighted by Gasteiger charge is 2.52. The summed E-state index contributed by atoms with van der Waals surface area (Å²) in [6, 6.07) is 11.2. The van der Waals surface area contributed by atoms with Crippen LogP contribution in [0, 0.1) is 37.5 Å². The Hall–Kier alpha value is -4.04. The first-order valence-corrected chi connectivity index (χ1v) is 11.9. The van der Waals surface area contributed by atoms with Crippen LogP contribution in [0.5, 0.6) is 0 Å². The monoisotopic (exact) mass is 544 g/mol. The second-order valence-corrected chi connectivity index (χ2v) is 9.88. The number of carbonyl (C=O) groups is 2. The van der Waals surface area contributed by atoms with Crippen LogP contribution in [0.4, 0.5) is 22.7 Å². The molecule has 0 radical (unpaired) electrons. The van der Waals surface area contributed by atoms with E-state index in [4.69, 9.17) is 24.4 Å². The number of nitro benzene ring substituents is 2. The van der Waals surface area contributed by atoms with Gasteiger partial charge in [0.2, 0.25) is 11.8 Å². The summed E-state index contributed by atoms with van der Waals surface area (Å²) >= 11 is 10.3. The van der Waals surface area contributed by atoms with Crippen molar-refractivity contribution in [3.05, 3.63) is 68.8 Å². The zero-order valence-corrected chi connectivity index (χ0v) is 21.5. The van der Waals surface area contributed by atoms with E-state index in [2.05, 4.69) is 21.3 Å². The average Bonchev–Trinajstić information content (AvgIpc) is 2.81. The molecule has 0 spiro atoms. The lowest BCUT2D eigenvalue weighted by Gasteiger charge is -2.51. The predicted octanol–water partition coefficient (Wildman–Crippen LogP) is 3.88. The van der Waals surface area contributed by atoms with Crippen LogP contribution >= 0.6 is 24.4 Å². The Morgan fingerprint density at radius 3 is 1.70 bits per heavy atom. The highest BCUT2D eigenvalue weighted by atomic mass is 32.1. The average molecular weight is 545 g/mol. The van der Waals surface area contributed by atoms with Crippen molar-refractivity contribution in [3.8, 4) is 0 Å². The van der Waals surface area contributed by atoms with E-state index in [1.807, 2.05) is 13.8 Å². The molecule has 14 heteroatoms. The number of carbonyl (C=O) groups excluding carboxylic acids is 2. The van der Waals surface area contributed by atoms with Crippen molar-refractivity contribution >= 4 is 69.2 Å². The number of benzene rings is 2. The van der Waals surface area contributed by atoms with Crippen LogP contribution < -0.4 is 21.3 Å². The Labute approximate surface area is 222 Å². The maximum Gasteiger partial charge on any atom is 0.269 e. The zero-order valence-electron chi connectivity index (χ0n) is 19.8. The number of hydrogen-bond donors (Lipinski definition) is 4. The van der Waals surface area contributed by atoms with Crippen LogP contribution in [0.2, 0.25) is 0 Å². The van der Waals surface area contributed by atoms with Gasteiger partial charge in [-0.25, -0.2) is 0 Å². The fraction of sp³-hybridized carbons (Fsp3) is 0.304. The number of non-ortho nitro benzene ring substituents is 2. The smallest absolute Gasteiger partial charge is 0.269 e. The van der Waals surface area contributed by atoms with Gasteiger partial charge in [0.05, 0.1) is 9.85 Å². The normalized spacial score (nSPS) is 17.5. The number of rotatable bonds is 7. The zero-order chi connectivity index (χ0) is 27.3. The summed E-state index contributed by atoms with van der Waals surface area (Å²) < 4.78 is 0. The van der Waals surface area contributed by atoms with E-state index in [1.54, 1.807) is 0 Å². The van der Waals surface area contributed by atoms with Gasteiger partial charge in [-0.1, -0.05) is 13.8 Å². The van der Waals surface area contributed by atoms with Gasteiger partial charge in [0.1, 0.15) is 0 Å². The topological polar surface area (TPSA) is 169 Å². The largest absolute Gasteiger partial charge is 0.332 e. The third kappa shape index (κ3) is 7.01. The Kier molecular flexibility index (Phi) is 8.45. The standard InChI is InChI=1S/C23H24N6O6S2/c1-23(2)13(12-19(30)26-21(36)24-14-3-7-16(8-4-14)28(32)33)11-18(23)20(31)27-22(37)25-15-5-9-17(10-6-15)29(34)35/h3-10,13,18H,11-12H2,1-2H3,(H2,24,26,30,36)(H2,25,27,31,37). The molecule has 0 heterocycles. The molecular formula is C23H24N6O6S2. The maximum absolute atomic E-state index is 12.8. The van der Waals surface area contributed by atoms with Gasteiger partial charge < -0.3 is 21.3 Å². The number of amides is 2. The summed E-state index contributed by atoms with van der Waals surface area (Å²) in [5.74, 6) is -1.03. The number of nitrogens with zero attached hydrogens (tertiary/aromatic N) is 2. The SMILES string of the molecule is CC1(C)C(CC(=O)NC(=S)Nc2ccc([N+](=O)[O-])cc2)CC1C(=O)NC(=S)Nc1ccc([N+](=O)[O-])cc1. The molecule has 1 saturated carbocycles. The molecule has 2 aromatic carbocycles. The minimum Gasteiger partial charge on any atom is -0.332 e. The molecule has 0 bridgehead atoms. The van der Waals surface area contributed by atoms with E-state index in [1.165, 1.54) is 48.5 Å². The molecule has 0 aromatic heterocycles. The van der Waals surface area contributed by atoms with Gasteiger partial charge in [-0.05, 0) is 66.5 Å². The lowest BCUT2D eigenvalue weighted by Crippen LogP contribution is -2.55. The molecule has 2 amide bonds. The van der Waals surface area contributed by atoms with Crippen LogP contribution in [0.15, 0.2) is 48.5 Å². The molecule has 12 nitrogen and oxygen atoms in total. The van der Waals surface area contributed by atoms with Crippen LogP contribution in [0.3, 0.4) is 0 Å². The van der Waals surface area contributed by atoms with Gasteiger partial charge >= 0.3 is 0 Å². The number of anilines is 2. The third-order valence-electron chi connectivity index (χ3n) is 6.38. The summed E-state index contributed by atoms with van der Waals surface area (Å²) in [5, 5.41) is 32.5. The van der Waals surface area contributed by atoms with Gasteiger partial charge in [-0.2, -0.15) is 0 Å². The second kappa shape index (κ2) is 11.3. The van der Waals surface area contributed by atoms with Crippen molar-refractivity contribution in [3.63, 3.8) is 0 Å². The molecule has 194 valence electrons. The Morgan fingerprint density at radius 1 is 0.865 bits per heavy atom. The molecule has 37 heavy (non-hydrogen) atoms. The van der Waals surface area contributed by atoms with Crippen molar-refractivity contribution in [2.24, 2.45) is 17.3 Å². The van der Waals surface area contributed by atoms with Crippen molar-refractivity contribution < 1.29 is 19.4 Å². The minimum atomic E-state index is -0.513. The molecule has 0 aliphatic heterocycles. The highest BCUT2D eigenvalue weighted by molar-refractivity contribution is 7.80. The fourth-order valence-electron chi connectivity index (χ4n) is 4.07.